The molecule has 2 rings (SSSR count). The third kappa shape index (κ3) is 3.70. The van der Waals surface area contributed by atoms with Gasteiger partial charge in [0.15, 0.2) is 0 Å². The van der Waals surface area contributed by atoms with E-state index >= 15 is 0 Å². The molecule has 1 aromatic rings. The Hall–Kier alpha value is -0.0900. The topological polar surface area (TPSA) is 38.0 Å². The highest BCUT2D eigenvalue weighted by molar-refractivity contribution is 9.10. The molecular formula is C14H20BrClN2. The molecule has 1 aromatic carbocycles. The Morgan fingerprint density at radius 3 is 2.78 bits per heavy atom. The number of halogens is 2. The van der Waals surface area contributed by atoms with Crippen molar-refractivity contribution in [2.45, 2.75) is 25.8 Å². The van der Waals surface area contributed by atoms with Crippen molar-refractivity contribution >= 4 is 27.5 Å². The fourth-order valence-electron chi connectivity index (χ4n) is 2.26. The van der Waals surface area contributed by atoms with Gasteiger partial charge in [0.2, 0.25) is 0 Å². The van der Waals surface area contributed by atoms with Gasteiger partial charge in [0.1, 0.15) is 0 Å². The summed E-state index contributed by atoms with van der Waals surface area (Å²) >= 11 is 9.69. The summed E-state index contributed by atoms with van der Waals surface area (Å²) in [7, 11) is 0. The van der Waals surface area contributed by atoms with Gasteiger partial charge in [-0.05, 0) is 48.9 Å². The van der Waals surface area contributed by atoms with Gasteiger partial charge in [-0.1, -0.05) is 40.5 Å². The molecule has 0 aromatic heterocycles. The molecule has 100 valence electrons. The Kier molecular flexibility index (Phi) is 5.07. The zero-order valence-corrected chi connectivity index (χ0v) is 13.0. The molecule has 2 nitrogen and oxygen atoms in total. The Balaban J connectivity index is 1.98. The number of hydrogen-bond acceptors (Lipinski definition) is 2. The maximum Gasteiger partial charge on any atom is 0.0465 e. The van der Waals surface area contributed by atoms with Crippen molar-refractivity contribution in [2.75, 3.05) is 13.1 Å². The molecule has 0 saturated heterocycles. The lowest BCUT2D eigenvalue weighted by Gasteiger charge is -2.21. The standard InChI is InChI=1S/C14H20BrClN2/c1-9(10-2-3-10)8-18-14(7-17)12-5-4-11(15)6-13(12)16/h4-6,9-10,14,18H,2-3,7-8,17H2,1H3. The third-order valence-corrected chi connectivity index (χ3v) is 4.51. The van der Waals surface area contributed by atoms with Crippen molar-refractivity contribution in [1.82, 2.24) is 5.32 Å². The molecule has 0 aliphatic heterocycles. The average molecular weight is 332 g/mol. The summed E-state index contributed by atoms with van der Waals surface area (Å²) in [6.45, 7) is 3.89. The van der Waals surface area contributed by atoms with Crippen LogP contribution in [0.15, 0.2) is 22.7 Å². The molecular weight excluding hydrogens is 312 g/mol. The van der Waals surface area contributed by atoms with Crippen molar-refractivity contribution in [3.8, 4) is 0 Å². The van der Waals surface area contributed by atoms with Gasteiger partial charge in [-0.2, -0.15) is 0 Å². The van der Waals surface area contributed by atoms with Crippen LogP contribution in [0, 0.1) is 11.8 Å². The molecule has 2 unspecified atom stereocenters. The minimum atomic E-state index is 0.145. The molecule has 0 spiro atoms. The SMILES string of the molecule is CC(CNC(CN)c1ccc(Br)cc1Cl)C1CC1. The number of rotatable bonds is 6. The van der Waals surface area contributed by atoms with Gasteiger partial charge in [-0.15, -0.1) is 0 Å². The lowest BCUT2D eigenvalue weighted by molar-refractivity contribution is 0.423. The smallest absolute Gasteiger partial charge is 0.0465 e. The molecule has 18 heavy (non-hydrogen) atoms. The van der Waals surface area contributed by atoms with Gasteiger partial charge in [0.25, 0.3) is 0 Å². The molecule has 1 aliphatic rings. The lowest BCUT2D eigenvalue weighted by atomic mass is 10.0. The molecule has 0 radical (unpaired) electrons. The van der Waals surface area contributed by atoms with E-state index in [-0.39, 0.29) is 6.04 Å². The first-order valence-corrected chi connectivity index (χ1v) is 7.67. The summed E-state index contributed by atoms with van der Waals surface area (Å²) < 4.78 is 0.998. The van der Waals surface area contributed by atoms with Crippen LogP contribution >= 0.6 is 27.5 Å². The van der Waals surface area contributed by atoms with Crippen LogP contribution in [0.25, 0.3) is 0 Å². The van der Waals surface area contributed by atoms with E-state index in [1.54, 1.807) is 0 Å². The summed E-state index contributed by atoms with van der Waals surface area (Å²) in [4.78, 5) is 0. The molecule has 0 bridgehead atoms. The quantitative estimate of drug-likeness (QED) is 0.833. The van der Waals surface area contributed by atoms with Crippen LogP contribution in [0.5, 0.6) is 0 Å². The summed E-state index contributed by atoms with van der Waals surface area (Å²) in [5.74, 6) is 1.64. The van der Waals surface area contributed by atoms with Crippen LogP contribution in [0.1, 0.15) is 31.4 Å². The second kappa shape index (κ2) is 6.38. The number of hydrogen-bond donors (Lipinski definition) is 2. The highest BCUT2D eigenvalue weighted by Gasteiger charge is 2.28. The number of benzene rings is 1. The largest absolute Gasteiger partial charge is 0.329 e. The fraction of sp³-hybridized carbons (Fsp3) is 0.571. The van der Waals surface area contributed by atoms with Crippen molar-refractivity contribution in [3.63, 3.8) is 0 Å². The van der Waals surface area contributed by atoms with E-state index in [0.29, 0.717) is 6.54 Å². The fourth-order valence-corrected chi connectivity index (χ4v) is 3.07. The van der Waals surface area contributed by atoms with Gasteiger partial charge in [-0.25, -0.2) is 0 Å². The number of nitrogens with two attached hydrogens (primary N) is 1. The molecule has 2 atom stereocenters. The molecule has 0 amide bonds. The minimum Gasteiger partial charge on any atom is -0.329 e. The minimum absolute atomic E-state index is 0.145. The van der Waals surface area contributed by atoms with Crippen molar-refractivity contribution in [2.24, 2.45) is 17.6 Å². The second-order valence-electron chi connectivity index (χ2n) is 5.18. The third-order valence-electron chi connectivity index (χ3n) is 3.69. The maximum absolute atomic E-state index is 6.27. The summed E-state index contributed by atoms with van der Waals surface area (Å²) in [5.41, 5.74) is 6.95. The van der Waals surface area contributed by atoms with Crippen LogP contribution in [0.2, 0.25) is 5.02 Å². The van der Waals surface area contributed by atoms with E-state index in [1.807, 2.05) is 18.2 Å². The van der Waals surface area contributed by atoms with E-state index in [2.05, 4.69) is 28.2 Å². The second-order valence-corrected chi connectivity index (χ2v) is 6.50. The van der Waals surface area contributed by atoms with Gasteiger partial charge < -0.3 is 11.1 Å². The number of nitrogens with one attached hydrogen (secondary N) is 1. The van der Waals surface area contributed by atoms with Crippen LogP contribution in [-0.2, 0) is 0 Å². The van der Waals surface area contributed by atoms with Crippen LogP contribution in [-0.4, -0.2) is 13.1 Å². The van der Waals surface area contributed by atoms with Gasteiger partial charge in [0, 0.05) is 22.1 Å². The van der Waals surface area contributed by atoms with Crippen LogP contribution < -0.4 is 11.1 Å². The van der Waals surface area contributed by atoms with Gasteiger partial charge >= 0.3 is 0 Å². The van der Waals surface area contributed by atoms with Crippen LogP contribution in [0.3, 0.4) is 0 Å². The first-order valence-electron chi connectivity index (χ1n) is 6.50. The van der Waals surface area contributed by atoms with E-state index in [1.165, 1.54) is 12.8 Å². The van der Waals surface area contributed by atoms with Gasteiger partial charge in [0.05, 0.1) is 0 Å². The monoisotopic (exact) mass is 330 g/mol. The predicted octanol–water partition coefficient (Wildman–Crippen LogP) is 3.74. The van der Waals surface area contributed by atoms with E-state index in [9.17, 15) is 0 Å². The zero-order chi connectivity index (χ0) is 13.1. The normalized spacial score (nSPS) is 18.7. The molecule has 1 aliphatic carbocycles. The average Bonchev–Trinajstić information content (AvgIpc) is 3.15. The van der Waals surface area contributed by atoms with Crippen molar-refractivity contribution in [3.05, 3.63) is 33.3 Å². The molecule has 3 N–H and O–H groups in total. The molecule has 4 heteroatoms. The summed E-state index contributed by atoms with van der Waals surface area (Å²) in [5, 5.41) is 4.31. The van der Waals surface area contributed by atoms with E-state index in [0.717, 1.165) is 33.4 Å². The summed E-state index contributed by atoms with van der Waals surface area (Å²) in [6.07, 6.45) is 2.77. The highest BCUT2D eigenvalue weighted by Crippen LogP contribution is 2.36. The van der Waals surface area contributed by atoms with Crippen LogP contribution in [0.4, 0.5) is 0 Å². The lowest BCUT2D eigenvalue weighted by Crippen LogP contribution is -2.32. The summed E-state index contributed by atoms with van der Waals surface area (Å²) in [6, 6.07) is 6.12. The van der Waals surface area contributed by atoms with E-state index in [4.69, 9.17) is 17.3 Å². The van der Waals surface area contributed by atoms with E-state index < -0.39 is 0 Å². The Morgan fingerprint density at radius 2 is 2.22 bits per heavy atom. The zero-order valence-electron chi connectivity index (χ0n) is 10.6. The van der Waals surface area contributed by atoms with Crippen molar-refractivity contribution in [1.29, 1.82) is 0 Å². The Morgan fingerprint density at radius 1 is 1.50 bits per heavy atom. The molecule has 1 fully saturated rings. The first kappa shape index (κ1) is 14.3. The van der Waals surface area contributed by atoms with Gasteiger partial charge in [-0.3, -0.25) is 0 Å². The molecule has 1 saturated carbocycles. The predicted molar refractivity (Wildman–Crippen MR) is 80.8 cm³/mol. The molecule has 0 heterocycles. The Labute approximate surface area is 122 Å². The highest BCUT2D eigenvalue weighted by atomic mass is 79.9. The van der Waals surface area contributed by atoms with Crippen molar-refractivity contribution < 1.29 is 0 Å². The maximum atomic E-state index is 6.27. The first-order chi connectivity index (χ1) is 8.61. The Bertz CT molecular complexity index is 407.